The zero-order chi connectivity index (χ0) is 73.7. The minimum Gasteiger partial charge on any atom is -0.343 e. The van der Waals surface area contributed by atoms with Crippen molar-refractivity contribution in [3.8, 4) is 0 Å². The third-order valence-corrected chi connectivity index (χ3v) is 23.1. The van der Waals surface area contributed by atoms with Gasteiger partial charge in [-0.1, -0.05) is 73.6 Å². The number of carbonyl (C=O) groups is 12. The summed E-state index contributed by atoms with van der Waals surface area (Å²) < 4.78 is 42.0. The van der Waals surface area contributed by atoms with Crippen LogP contribution < -0.4 is 16.0 Å². The fourth-order valence-corrected chi connectivity index (χ4v) is 16.5. The molecule has 3 saturated heterocycles. The Hall–Kier alpha value is -5.99. The van der Waals surface area contributed by atoms with E-state index < -0.39 is 174 Å². The molecule has 3 aliphatic heterocycles. The average Bonchev–Trinajstić information content (AvgIpc) is 1.71. The monoisotopic (exact) mass is 1440 g/mol. The van der Waals surface area contributed by atoms with Crippen LogP contribution in [0.15, 0.2) is 0 Å². The van der Waals surface area contributed by atoms with Gasteiger partial charge >= 0.3 is 6.18 Å². The summed E-state index contributed by atoms with van der Waals surface area (Å²) >= 11 is 13.3. The van der Waals surface area contributed by atoms with Gasteiger partial charge in [0.2, 0.25) is 70.9 Å². The molecule has 29 heteroatoms. The number of hydrogen-bond acceptors (Lipinski definition) is 12. The lowest BCUT2D eigenvalue weighted by Gasteiger charge is -2.42. The fourth-order valence-electron chi connectivity index (χ4n) is 15.6. The zero-order valence-electron chi connectivity index (χ0n) is 60.8. The molecular formula is C70H113Cl2F3N12O12. The topological polar surface area (TPSA) is 270 Å². The Kier molecular flexibility index (Phi) is 30.0. The van der Waals surface area contributed by atoms with Gasteiger partial charge < -0.3 is 60.0 Å². The minimum absolute atomic E-state index is 0.0115. The SMILES string of the molecule is CC[C@H](C)[C@@H]1NC(=O)[C@H](CC(C)C)N(C)C(=O)C[C@@H](C(=O)N2CCCCC2)N(C)C(=O)[C@H](C(C)C)N(C)C(=O)C2(CCCC2)NC(=O)[C@@H]2CCCN2C(=O)[C@H](CCC2CCC(C(F)(F)F)C(Cl)C2)NC(=O)CN(C)C(=O)[C@H](CC2CCCCC2Cl)N(C)C(=O)CN(C)C(=O)CN(C)C1=O. The van der Waals surface area contributed by atoms with Crippen molar-refractivity contribution in [2.75, 3.05) is 88.6 Å². The second kappa shape index (κ2) is 36.2. The summed E-state index contributed by atoms with van der Waals surface area (Å²) in [5.74, 6) is -11.5. The Morgan fingerprint density at radius 3 is 1.81 bits per heavy atom. The van der Waals surface area contributed by atoms with E-state index in [4.69, 9.17) is 23.2 Å². The van der Waals surface area contributed by atoms with E-state index in [1.165, 1.54) is 73.8 Å². The molecule has 3 heterocycles. The number of fused-ring (bicyclic) bond motifs is 1. The number of alkyl halides is 5. The van der Waals surface area contributed by atoms with Crippen LogP contribution in [0.4, 0.5) is 13.2 Å². The van der Waals surface area contributed by atoms with E-state index in [1.807, 2.05) is 20.8 Å². The van der Waals surface area contributed by atoms with Crippen LogP contribution in [0.1, 0.15) is 183 Å². The van der Waals surface area contributed by atoms with Crippen molar-refractivity contribution in [2.45, 2.75) is 248 Å². The Morgan fingerprint density at radius 1 is 0.596 bits per heavy atom. The third-order valence-electron chi connectivity index (χ3n) is 22.1. The Bertz CT molecular complexity index is 2880. The number of nitrogens with one attached hydrogen (secondary N) is 3. The molecule has 12 amide bonds. The Balaban J connectivity index is 1.41. The number of likely N-dealkylation sites (N-methyl/N-ethyl adjacent to an activating group) is 7. The maximum Gasteiger partial charge on any atom is 0.393 e. The standard InChI is InChI=1S/C70H113Cl2F3N12O12/c1-14-44(6)59-66(97)81(9)40-57(90)79(7)41-58(91)83(11)53(37-46-23-16-17-24-48(46)71)64(95)80(8)39-55(88)76-50(29-27-45-26-28-47(49(72)36-45)70(73,74)75)63(94)87-34-22-25-51(87)62(93)78-69(30-18-19-31-69)68(99)85(13)60(43(4)5)67(98)84(12)54(65(96)86-32-20-15-21-33-86)38-56(89)82(10)52(35-42(2)3)61(92)77-59/h42-54,59-60H,14-41H2,1-13H3,(H,76,88)(H,77,92)(H,78,93)/t44-,45?,46?,47?,48?,49?,50-,51-,52-,53-,54-,59-,60-/m0/s1. The summed E-state index contributed by atoms with van der Waals surface area (Å²) in [4.78, 5) is 189. The molecule has 99 heavy (non-hydrogen) atoms. The van der Waals surface area contributed by atoms with Gasteiger partial charge in [-0.2, -0.15) is 13.2 Å². The van der Waals surface area contributed by atoms with E-state index >= 15 is 19.2 Å². The molecule has 0 aromatic heterocycles. The molecule has 6 aliphatic rings. The minimum atomic E-state index is -4.52. The summed E-state index contributed by atoms with van der Waals surface area (Å²) in [5, 5.41) is 7.16. The number of amides is 12. The van der Waals surface area contributed by atoms with Gasteiger partial charge in [0.05, 0.1) is 32.0 Å². The number of nitrogens with zero attached hydrogens (tertiary/aromatic N) is 9. The highest BCUT2D eigenvalue weighted by atomic mass is 35.5. The average molecular weight is 1440 g/mol. The number of likely N-dealkylation sites (tertiary alicyclic amines) is 1. The van der Waals surface area contributed by atoms with Crippen LogP contribution in [0, 0.1) is 35.5 Å². The Labute approximate surface area is 593 Å². The maximum atomic E-state index is 15.4. The predicted molar refractivity (Wildman–Crippen MR) is 368 cm³/mol. The molecule has 1 spiro atoms. The van der Waals surface area contributed by atoms with Crippen LogP contribution in [-0.4, -0.2) is 268 Å². The summed E-state index contributed by atoms with van der Waals surface area (Å²) in [5.41, 5.74) is -1.57. The van der Waals surface area contributed by atoms with Crippen LogP contribution in [0.25, 0.3) is 0 Å². The highest BCUT2D eigenvalue weighted by Gasteiger charge is 2.52. The van der Waals surface area contributed by atoms with Gasteiger partial charge in [-0.15, -0.1) is 23.2 Å². The Morgan fingerprint density at radius 2 is 1.21 bits per heavy atom. The van der Waals surface area contributed by atoms with E-state index in [9.17, 15) is 51.5 Å². The zero-order valence-corrected chi connectivity index (χ0v) is 62.3. The highest BCUT2D eigenvalue weighted by Crippen LogP contribution is 2.44. The summed E-state index contributed by atoms with van der Waals surface area (Å²) in [6, 6.07) is -8.81. The van der Waals surface area contributed by atoms with Crippen molar-refractivity contribution < 1.29 is 70.7 Å². The van der Waals surface area contributed by atoms with Crippen molar-refractivity contribution in [1.82, 2.24) is 60.0 Å². The first-order chi connectivity index (χ1) is 46.4. The van der Waals surface area contributed by atoms with Crippen LogP contribution in [0.2, 0.25) is 0 Å². The van der Waals surface area contributed by atoms with Crippen molar-refractivity contribution in [3.05, 3.63) is 0 Å². The van der Waals surface area contributed by atoms with Gasteiger partial charge in [-0.3, -0.25) is 57.5 Å². The molecule has 560 valence electrons. The van der Waals surface area contributed by atoms with E-state index in [2.05, 4.69) is 16.0 Å². The lowest BCUT2D eigenvalue weighted by molar-refractivity contribution is -0.182. The van der Waals surface area contributed by atoms with Crippen molar-refractivity contribution in [2.24, 2.45) is 35.5 Å². The number of piperidine rings is 1. The molecule has 0 bridgehead atoms. The van der Waals surface area contributed by atoms with Gasteiger partial charge in [0, 0.05) is 79.7 Å². The quantitative estimate of drug-likeness (QED) is 0.208. The molecule has 5 unspecified atom stereocenters. The van der Waals surface area contributed by atoms with Crippen molar-refractivity contribution in [1.29, 1.82) is 0 Å². The molecule has 3 saturated carbocycles. The summed E-state index contributed by atoms with van der Waals surface area (Å²) in [6.45, 7) is 9.84. The summed E-state index contributed by atoms with van der Waals surface area (Å²) in [7, 11) is 9.82. The van der Waals surface area contributed by atoms with E-state index in [0.29, 0.717) is 64.5 Å². The largest absolute Gasteiger partial charge is 0.393 e. The molecule has 6 rings (SSSR count). The van der Waals surface area contributed by atoms with Gasteiger partial charge in [-0.25, -0.2) is 0 Å². The van der Waals surface area contributed by atoms with Crippen LogP contribution >= 0.6 is 23.2 Å². The first-order valence-electron chi connectivity index (χ1n) is 36.1. The molecule has 3 aliphatic carbocycles. The first-order valence-corrected chi connectivity index (χ1v) is 37.0. The molecule has 3 N–H and O–H groups in total. The molecule has 0 aromatic rings. The molecule has 0 aromatic carbocycles. The highest BCUT2D eigenvalue weighted by molar-refractivity contribution is 6.21. The summed E-state index contributed by atoms with van der Waals surface area (Å²) in [6.07, 6.45) is 2.55. The maximum absolute atomic E-state index is 15.4. The first kappa shape index (κ1) is 82.0. The van der Waals surface area contributed by atoms with Crippen LogP contribution in [0.5, 0.6) is 0 Å². The molecule has 6 fully saturated rings. The smallest absolute Gasteiger partial charge is 0.343 e. The van der Waals surface area contributed by atoms with E-state index in [-0.39, 0.29) is 93.9 Å². The molecular weight excluding hydrogens is 1330 g/mol. The lowest BCUT2D eigenvalue weighted by Crippen LogP contribution is -2.65. The molecule has 0 radical (unpaired) electrons. The van der Waals surface area contributed by atoms with Gasteiger partial charge in [0.15, 0.2) is 0 Å². The number of hydrogen-bond donors (Lipinski definition) is 3. The number of halogens is 5. The number of rotatable bonds is 11. The third kappa shape index (κ3) is 20.9. The van der Waals surface area contributed by atoms with Crippen LogP contribution in [-0.2, 0) is 57.5 Å². The normalized spacial score (nSPS) is 30.5. The van der Waals surface area contributed by atoms with Gasteiger partial charge in [-0.05, 0) is 132 Å². The van der Waals surface area contributed by atoms with Crippen LogP contribution in [0.3, 0.4) is 0 Å². The lowest BCUT2D eigenvalue weighted by atomic mass is 9.78. The van der Waals surface area contributed by atoms with E-state index in [0.717, 1.165) is 34.0 Å². The predicted octanol–water partition coefficient (Wildman–Crippen LogP) is 5.78. The van der Waals surface area contributed by atoms with Gasteiger partial charge in [0.1, 0.15) is 47.8 Å². The fraction of sp³-hybridized carbons (Fsp3) is 0.829. The molecule has 13 atom stereocenters. The second-order valence-corrected chi connectivity index (χ2v) is 31.3. The molecule has 24 nitrogen and oxygen atoms in total. The van der Waals surface area contributed by atoms with Gasteiger partial charge in [0.25, 0.3) is 0 Å². The number of carbonyl (C=O) groups excluding carboxylic acids is 12. The van der Waals surface area contributed by atoms with Crippen molar-refractivity contribution >= 4 is 94.1 Å². The van der Waals surface area contributed by atoms with Crippen molar-refractivity contribution in [3.63, 3.8) is 0 Å². The van der Waals surface area contributed by atoms with E-state index in [1.54, 1.807) is 25.7 Å². The second-order valence-electron chi connectivity index (χ2n) is 30.1.